The Balaban J connectivity index is 1.51. The number of aromatic amines is 1. The zero-order valence-electron chi connectivity index (χ0n) is 12.9. The maximum atomic E-state index is 12.7. The van der Waals surface area contributed by atoms with E-state index in [-0.39, 0.29) is 23.7 Å². The maximum absolute atomic E-state index is 12.7. The molecular formula is C15H21N3O4. The maximum Gasteiger partial charge on any atom is 0.274 e. The number of carbonyl (C=O) groups excluding carboxylic acids is 1. The minimum Gasteiger partial charge on any atom is -0.376 e. The van der Waals surface area contributed by atoms with Crippen LogP contribution in [0.4, 0.5) is 0 Å². The molecule has 1 N–H and O–H groups in total. The highest BCUT2D eigenvalue weighted by molar-refractivity contribution is 5.94. The molecule has 0 saturated carbocycles. The van der Waals surface area contributed by atoms with E-state index in [4.69, 9.17) is 14.2 Å². The number of amides is 1. The van der Waals surface area contributed by atoms with Crippen LogP contribution in [0.5, 0.6) is 0 Å². The minimum atomic E-state index is -0.298. The highest BCUT2D eigenvalue weighted by Crippen LogP contribution is 2.33. The average Bonchev–Trinajstić information content (AvgIpc) is 2.89. The largest absolute Gasteiger partial charge is 0.376 e. The Labute approximate surface area is 128 Å². The van der Waals surface area contributed by atoms with Gasteiger partial charge in [-0.15, -0.1) is 0 Å². The summed E-state index contributed by atoms with van der Waals surface area (Å²) in [4.78, 5) is 14.5. The molecule has 1 amide bonds. The molecule has 0 aromatic carbocycles. The van der Waals surface area contributed by atoms with Gasteiger partial charge in [-0.1, -0.05) is 0 Å². The Morgan fingerprint density at radius 3 is 2.91 bits per heavy atom. The number of aromatic nitrogens is 2. The molecule has 1 spiro atoms. The number of nitrogens with one attached hydrogen (secondary N) is 1. The highest BCUT2D eigenvalue weighted by Gasteiger charge is 2.49. The summed E-state index contributed by atoms with van der Waals surface area (Å²) in [7, 11) is 0. The Hall–Kier alpha value is -1.44. The molecule has 120 valence electrons. The molecule has 7 nitrogen and oxygen atoms in total. The molecule has 0 unspecified atom stereocenters. The van der Waals surface area contributed by atoms with Crippen LogP contribution in [-0.2, 0) is 20.6 Å². The van der Waals surface area contributed by atoms with E-state index < -0.39 is 0 Å². The van der Waals surface area contributed by atoms with Crippen LogP contribution in [0.3, 0.4) is 0 Å². The standard InChI is InChI=1S/C15H21N3O4/c1-9-5-11-12(10(2)22-9)16-17-13(11)14(19)18-6-15(7-18)8-20-3-4-21-15/h9-10H,3-8H2,1-2H3,(H,16,17)/t9-,10+/m1/s1. The van der Waals surface area contributed by atoms with Gasteiger partial charge in [-0.05, 0) is 13.8 Å². The number of fused-ring (bicyclic) bond motifs is 1. The first kappa shape index (κ1) is 14.2. The molecule has 4 rings (SSSR count). The van der Waals surface area contributed by atoms with Gasteiger partial charge in [0, 0.05) is 12.0 Å². The molecule has 22 heavy (non-hydrogen) atoms. The zero-order valence-corrected chi connectivity index (χ0v) is 12.9. The second-order valence-corrected chi connectivity index (χ2v) is 6.50. The topological polar surface area (TPSA) is 76.7 Å². The quantitative estimate of drug-likeness (QED) is 0.825. The average molecular weight is 307 g/mol. The molecule has 7 heteroatoms. The predicted molar refractivity (Wildman–Crippen MR) is 76.7 cm³/mol. The Morgan fingerprint density at radius 1 is 1.36 bits per heavy atom. The molecule has 3 aliphatic rings. The molecule has 2 atom stereocenters. The van der Waals surface area contributed by atoms with Gasteiger partial charge >= 0.3 is 0 Å². The first-order chi connectivity index (χ1) is 10.6. The summed E-state index contributed by atoms with van der Waals surface area (Å²) in [6, 6.07) is 0. The van der Waals surface area contributed by atoms with E-state index in [9.17, 15) is 4.79 Å². The fourth-order valence-electron chi connectivity index (χ4n) is 3.59. The first-order valence-corrected chi connectivity index (χ1v) is 7.81. The van der Waals surface area contributed by atoms with Crippen molar-refractivity contribution in [3.8, 4) is 0 Å². The molecule has 4 heterocycles. The number of rotatable bonds is 1. The molecule has 0 bridgehead atoms. The summed E-state index contributed by atoms with van der Waals surface area (Å²) in [5, 5.41) is 7.22. The molecule has 0 aliphatic carbocycles. The second-order valence-electron chi connectivity index (χ2n) is 6.50. The molecule has 2 fully saturated rings. The Bertz CT molecular complexity index is 586. The van der Waals surface area contributed by atoms with E-state index in [0.29, 0.717) is 38.6 Å². The van der Waals surface area contributed by atoms with Gasteiger partial charge in [0.2, 0.25) is 0 Å². The summed E-state index contributed by atoms with van der Waals surface area (Å²) in [5.74, 6) is -0.0291. The van der Waals surface area contributed by atoms with Gasteiger partial charge in [-0.3, -0.25) is 9.89 Å². The fraction of sp³-hybridized carbons (Fsp3) is 0.733. The fourth-order valence-corrected chi connectivity index (χ4v) is 3.59. The van der Waals surface area contributed by atoms with Crippen molar-refractivity contribution >= 4 is 5.91 Å². The van der Waals surface area contributed by atoms with Crippen molar-refractivity contribution < 1.29 is 19.0 Å². The third-order valence-electron chi connectivity index (χ3n) is 4.68. The van der Waals surface area contributed by atoms with Crippen LogP contribution in [0, 0.1) is 0 Å². The number of likely N-dealkylation sites (tertiary alicyclic amines) is 1. The van der Waals surface area contributed by atoms with Crippen LogP contribution in [0.15, 0.2) is 0 Å². The summed E-state index contributed by atoms with van der Waals surface area (Å²) in [5.41, 5.74) is 2.16. The molecular weight excluding hydrogens is 286 g/mol. The van der Waals surface area contributed by atoms with Gasteiger partial charge in [-0.25, -0.2) is 0 Å². The number of carbonyl (C=O) groups is 1. The summed E-state index contributed by atoms with van der Waals surface area (Å²) < 4.78 is 17.0. The van der Waals surface area contributed by atoms with E-state index in [1.807, 2.05) is 13.8 Å². The summed E-state index contributed by atoms with van der Waals surface area (Å²) in [6.07, 6.45) is 0.769. The molecule has 1 aromatic heterocycles. The Morgan fingerprint density at radius 2 is 2.18 bits per heavy atom. The number of hydrogen-bond donors (Lipinski definition) is 1. The van der Waals surface area contributed by atoms with Crippen LogP contribution < -0.4 is 0 Å². The summed E-state index contributed by atoms with van der Waals surface area (Å²) >= 11 is 0. The monoisotopic (exact) mass is 307 g/mol. The first-order valence-electron chi connectivity index (χ1n) is 7.81. The molecule has 1 aromatic rings. The number of ether oxygens (including phenoxy) is 3. The van der Waals surface area contributed by atoms with Crippen molar-refractivity contribution in [2.24, 2.45) is 0 Å². The van der Waals surface area contributed by atoms with Crippen LogP contribution in [-0.4, -0.2) is 65.6 Å². The van der Waals surface area contributed by atoms with Gasteiger partial charge in [0.25, 0.3) is 5.91 Å². The van der Waals surface area contributed by atoms with Crippen LogP contribution in [0.2, 0.25) is 0 Å². The van der Waals surface area contributed by atoms with Crippen molar-refractivity contribution in [3.63, 3.8) is 0 Å². The lowest BCUT2D eigenvalue weighted by molar-refractivity contribution is -0.206. The smallest absolute Gasteiger partial charge is 0.274 e. The van der Waals surface area contributed by atoms with Gasteiger partial charge < -0.3 is 19.1 Å². The van der Waals surface area contributed by atoms with Crippen molar-refractivity contribution in [1.29, 1.82) is 0 Å². The van der Waals surface area contributed by atoms with Crippen molar-refractivity contribution in [2.75, 3.05) is 32.9 Å². The zero-order chi connectivity index (χ0) is 15.3. The highest BCUT2D eigenvalue weighted by atomic mass is 16.6. The van der Waals surface area contributed by atoms with E-state index in [1.54, 1.807) is 4.90 Å². The lowest BCUT2D eigenvalue weighted by atomic mass is 9.92. The van der Waals surface area contributed by atoms with Crippen LogP contribution in [0.25, 0.3) is 0 Å². The van der Waals surface area contributed by atoms with E-state index in [0.717, 1.165) is 17.7 Å². The van der Waals surface area contributed by atoms with Gasteiger partial charge in [0.05, 0.1) is 50.8 Å². The van der Waals surface area contributed by atoms with Gasteiger partial charge in [-0.2, -0.15) is 5.10 Å². The van der Waals surface area contributed by atoms with Crippen molar-refractivity contribution in [3.05, 3.63) is 17.0 Å². The third-order valence-corrected chi connectivity index (χ3v) is 4.68. The molecule has 2 saturated heterocycles. The lowest BCUT2D eigenvalue weighted by Crippen LogP contribution is -2.68. The predicted octanol–water partition coefficient (Wildman–Crippen LogP) is 0.673. The normalized spacial score (nSPS) is 30.0. The Kier molecular flexibility index (Phi) is 3.25. The second kappa shape index (κ2) is 5.04. The van der Waals surface area contributed by atoms with Crippen LogP contribution >= 0.6 is 0 Å². The number of H-pyrrole nitrogens is 1. The van der Waals surface area contributed by atoms with Gasteiger partial charge in [0.1, 0.15) is 5.60 Å². The summed E-state index contributed by atoms with van der Waals surface area (Å²) in [6.45, 7) is 6.96. The van der Waals surface area contributed by atoms with E-state index >= 15 is 0 Å². The van der Waals surface area contributed by atoms with Crippen LogP contribution in [0.1, 0.15) is 41.7 Å². The third kappa shape index (κ3) is 2.15. The molecule has 0 radical (unpaired) electrons. The van der Waals surface area contributed by atoms with Gasteiger partial charge in [0.15, 0.2) is 5.69 Å². The van der Waals surface area contributed by atoms with Crippen molar-refractivity contribution in [2.45, 2.75) is 38.1 Å². The number of nitrogens with zero attached hydrogens (tertiary/aromatic N) is 2. The van der Waals surface area contributed by atoms with Crippen molar-refractivity contribution in [1.82, 2.24) is 15.1 Å². The lowest BCUT2D eigenvalue weighted by Gasteiger charge is -2.50. The molecule has 3 aliphatic heterocycles. The van der Waals surface area contributed by atoms with E-state index in [1.165, 1.54) is 0 Å². The number of hydrogen-bond acceptors (Lipinski definition) is 5. The minimum absolute atomic E-state index is 0.0291. The van der Waals surface area contributed by atoms with E-state index in [2.05, 4.69) is 10.2 Å². The SMILES string of the molecule is C[C@@H]1Cc2c(C(=O)N3CC4(COCCO4)C3)n[nH]c2[C@H](C)O1.